The number of nitrogens with zero attached hydrogens (tertiary/aromatic N) is 1. The zero-order valence-corrected chi connectivity index (χ0v) is 15.6. The number of hydrogen-bond donors (Lipinski definition) is 1. The topological polar surface area (TPSA) is 75.7 Å². The number of alkyl halides is 1. The molecule has 2 radical (unpaired) electrons. The van der Waals surface area contributed by atoms with E-state index in [9.17, 15) is 14.4 Å². The molecule has 3 atom stereocenters. The number of thiophene rings is 1. The first kappa shape index (κ1) is 18.3. The summed E-state index contributed by atoms with van der Waals surface area (Å²) in [5.41, 5.74) is 0.678. The fraction of sp³-hybridized carbons (Fsp3) is 0.400. The number of β-lactam (4-membered cyclic amide) rings is 1. The fourth-order valence-corrected chi connectivity index (χ4v) is 5.47. The first-order valence-electron chi connectivity index (χ1n) is 7.48. The summed E-state index contributed by atoms with van der Waals surface area (Å²) < 4.78 is 4.31. The van der Waals surface area contributed by atoms with Crippen LogP contribution in [0.3, 0.4) is 0 Å². The highest BCUT2D eigenvalue weighted by molar-refractivity contribution is 8.00. The van der Waals surface area contributed by atoms with E-state index in [1.54, 1.807) is 0 Å². The van der Waals surface area contributed by atoms with Crippen molar-refractivity contribution >= 4 is 60.5 Å². The van der Waals surface area contributed by atoms with Gasteiger partial charge in [0, 0.05) is 16.0 Å². The molecule has 1 aromatic rings. The average Bonchev–Trinajstić information content (AvgIpc) is 3.10. The minimum atomic E-state index is -0.801. The summed E-state index contributed by atoms with van der Waals surface area (Å²) in [5, 5.41) is 4.16. The summed E-state index contributed by atoms with van der Waals surface area (Å²) in [7, 11) is 4.99. The van der Waals surface area contributed by atoms with Crippen molar-refractivity contribution in [3.8, 4) is 0 Å². The van der Waals surface area contributed by atoms with Gasteiger partial charge in [0.05, 0.1) is 6.42 Å². The van der Waals surface area contributed by atoms with E-state index in [-0.39, 0.29) is 40.4 Å². The van der Waals surface area contributed by atoms with Crippen molar-refractivity contribution in [1.82, 2.24) is 10.2 Å². The van der Waals surface area contributed by atoms with Gasteiger partial charge in [-0.3, -0.25) is 14.5 Å². The highest BCUT2D eigenvalue weighted by Crippen LogP contribution is 2.44. The molecular weight excluding hydrogens is 383 g/mol. The Labute approximate surface area is 159 Å². The van der Waals surface area contributed by atoms with Gasteiger partial charge >= 0.3 is 14.0 Å². The van der Waals surface area contributed by atoms with E-state index in [1.807, 2.05) is 24.4 Å². The number of rotatable bonds is 5. The smallest absolute Gasteiger partial charge is 0.378 e. The van der Waals surface area contributed by atoms with Gasteiger partial charge in [0.2, 0.25) is 5.91 Å². The zero-order chi connectivity index (χ0) is 18.1. The second kappa shape index (κ2) is 7.43. The Morgan fingerprint density at radius 2 is 2.24 bits per heavy atom. The molecule has 0 bridgehead atoms. The van der Waals surface area contributed by atoms with E-state index in [0.717, 1.165) is 4.88 Å². The molecule has 1 aromatic heterocycles. The van der Waals surface area contributed by atoms with Gasteiger partial charge in [-0.1, -0.05) is 6.07 Å². The molecule has 25 heavy (non-hydrogen) atoms. The van der Waals surface area contributed by atoms with Crippen LogP contribution in [0.25, 0.3) is 0 Å². The molecule has 2 aliphatic heterocycles. The van der Waals surface area contributed by atoms with Crippen LogP contribution in [-0.4, -0.2) is 53.3 Å². The number of nitrogens with one attached hydrogen (secondary N) is 1. The Bertz CT molecular complexity index is 740. The summed E-state index contributed by atoms with van der Waals surface area (Å²) in [6, 6.07) is 3.05. The normalized spacial score (nSPS) is 25.3. The van der Waals surface area contributed by atoms with Gasteiger partial charge in [-0.15, -0.1) is 34.7 Å². The molecule has 0 spiro atoms. The van der Waals surface area contributed by atoms with Crippen LogP contribution >= 0.6 is 34.7 Å². The lowest BCUT2D eigenvalue weighted by molar-refractivity contribution is -0.149. The molecule has 1 saturated heterocycles. The molecular formula is C15H14BClN2O4S2. The third-order valence-corrected chi connectivity index (χ3v) is 6.72. The van der Waals surface area contributed by atoms with E-state index >= 15 is 0 Å². The summed E-state index contributed by atoms with van der Waals surface area (Å²) >= 11 is 8.87. The maximum absolute atomic E-state index is 12.5. The maximum atomic E-state index is 12.5. The van der Waals surface area contributed by atoms with Crippen molar-refractivity contribution < 1.29 is 19.0 Å². The van der Waals surface area contributed by atoms with Crippen molar-refractivity contribution in [2.45, 2.75) is 30.0 Å². The van der Waals surface area contributed by atoms with Crippen LogP contribution in [0.1, 0.15) is 11.8 Å². The standard InChI is InChI=1S/C15H14BClN2O4S2/c1-7-9(6-17)12(15(22)23-16)19-13(21)11(14(19)25-7)18-10(20)5-8-3-2-4-24-8/h2-4,7,11,14H,5-6H2,1H3,(H,18,20)/t7-,11+,14+/m0/s1. The van der Waals surface area contributed by atoms with Crippen LogP contribution in [0, 0.1) is 0 Å². The van der Waals surface area contributed by atoms with Gasteiger partial charge in [-0.05, 0) is 23.9 Å². The molecule has 0 unspecified atom stereocenters. The molecule has 3 heterocycles. The van der Waals surface area contributed by atoms with E-state index in [2.05, 4.69) is 9.97 Å². The number of halogens is 1. The van der Waals surface area contributed by atoms with Crippen molar-refractivity contribution in [1.29, 1.82) is 0 Å². The molecule has 2 amide bonds. The molecule has 0 aromatic carbocycles. The van der Waals surface area contributed by atoms with Gasteiger partial charge in [-0.2, -0.15) is 0 Å². The molecule has 130 valence electrons. The van der Waals surface area contributed by atoms with Crippen LogP contribution in [-0.2, 0) is 25.5 Å². The second-order valence-electron chi connectivity index (χ2n) is 5.59. The number of thioether (sulfide) groups is 1. The first-order valence-corrected chi connectivity index (χ1v) is 9.84. The molecule has 3 rings (SSSR count). The Morgan fingerprint density at radius 3 is 2.84 bits per heavy atom. The molecule has 1 fully saturated rings. The highest BCUT2D eigenvalue weighted by atomic mass is 35.5. The van der Waals surface area contributed by atoms with Crippen LogP contribution in [0.4, 0.5) is 0 Å². The monoisotopic (exact) mass is 396 g/mol. The van der Waals surface area contributed by atoms with Crippen LogP contribution in [0.15, 0.2) is 28.8 Å². The Hall–Kier alpha value is -1.45. The molecule has 0 saturated carbocycles. The van der Waals surface area contributed by atoms with Crippen LogP contribution < -0.4 is 5.32 Å². The average molecular weight is 397 g/mol. The summed E-state index contributed by atoms with van der Waals surface area (Å²) in [4.78, 5) is 38.9. The number of amides is 2. The number of hydrogen-bond acceptors (Lipinski definition) is 6. The minimum absolute atomic E-state index is 0.0857. The van der Waals surface area contributed by atoms with Gasteiger partial charge in [-0.25, -0.2) is 4.79 Å². The lowest BCUT2D eigenvalue weighted by Crippen LogP contribution is -2.71. The Morgan fingerprint density at radius 1 is 1.48 bits per heavy atom. The molecule has 2 aliphatic rings. The van der Waals surface area contributed by atoms with Crippen LogP contribution in [0.5, 0.6) is 0 Å². The third kappa shape index (κ3) is 3.32. The lowest BCUT2D eigenvalue weighted by Gasteiger charge is -2.51. The second-order valence-corrected chi connectivity index (χ2v) is 8.35. The van der Waals surface area contributed by atoms with Crippen molar-refractivity contribution in [2.24, 2.45) is 0 Å². The quantitative estimate of drug-likeness (QED) is 0.460. The van der Waals surface area contributed by atoms with Crippen molar-refractivity contribution in [2.75, 3.05) is 5.88 Å². The largest absolute Gasteiger partial charge is 0.539 e. The lowest BCUT2D eigenvalue weighted by atomic mass is 10.0. The maximum Gasteiger partial charge on any atom is 0.378 e. The molecule has 1 N–H and O–H groups in total. The first-order chi connectivity index (χ1) is 12.0. The predicted octanol–water partition coefficient (Wildman–Crippen LogP) is 1.20. The molecule has 6 nitrogen and oxygen atoms in total. The number of carbonyl (C=O) groups is 3. The van der Waals surface area contributed by atoms with E-state index in [1.165, 1.54) is 28.0 Å². The third-order valence-electron chi connectivity index (χ3n) is 4.10. The SMILES string of the molecule is [B]OC(=O)C1=C(CCl)[C@H](C)S[C@@H]2[C@H](NC(=O)Cc3cccs3)C(=O)N12. The van der Waals surface area contributed by atoms with E-state index in [0.29, 0.717) is 5.57 Å². The molecule has 10 heteroatoms. The zero-order valence-electron chi connectivity index (χ0n) is 13.2. The van der Waals surface area contributed by atoms with Gasteiger partial charge in [0.15, 0.2) is 0 Å². The summed E-state index contributed by atoms with van der Waals surface area (Å²) in [6.07, 6.45) is 0.217. The van der Waals surface area contributed by atoms with Crippen molar-refractivity contribution in [3.05, 3.63) is 33.7 Å². The molecule has 0 aliphatic carbocycles. The van der Waals surface area contributed by atoms with Crippen molar-refractivity contribution in [3.63, 3.8) is 0 Å². The van der Waals surface area contributed by atoms with Gasteiger partial charge < -0.3 is 9.97 Å². The van der Waals surface area contributed by atoms with Crippen LogP contribution in [0.2, 0.25) is 0 Å². The van der Waals surface area contributed by atoms with Gasteiger partial charge in [0.1, 0.15) is 17.1 Å². The number of fused-ring (bicyclic) bond motifs is 1. The highest BCUT2D eigenvalue weighted by Gasteiger charge is 2.55. The Kier molecular flexibility index (Phi) is 5.45. The number of carbonyl (C=O) groups excluding carboxylic acids is 3. The van der Waals surface area contributed by atoms with E-state index < -0.39 is 12.0 Å². The van der Waals surface area contributed by atoms with E-state index in [4.69, 9.17) is 19.7 Å². The minimum Gasteiger partial charge on any atom is -0.539 e. The summed E-state index contributed by atoms with van der Waals surface area (Å²) in [6.45, 7) is 1.89. The van der Waals surface area contributed by atoms with Gasteiger partial charge in [0.25, 0.3) is 5.91 Å². The summed E-state index contributed by atoms with van der Waals surface area (Å²) in [5.74, 6) is -1.31. The fourth-order valence-electron chi connectivity index (χ4n) is 2.87. The Balaban J connectivity index is 1.76. The predicted molar refractivity (Wildman–Crippen MR) is 97.2 cm³/mol.